The molecule has 2 heterocycles. The Hall–Kier alpha value is -1.39. The highest BCUT2D eigenvalue weighted by Gasteiger charge is 2.17. The first-order valence-electron chi connectivity index (χ1n) is 6.91. The molecule has 108 valence electrons. The molecule has 21 heavy (non-hydrogen) atoms. The van der Waals surface area contributed by atoms with Gasteiger partial charge in [-0.15, -0.1) is 11.3 Å². The predicted octanol–water partition coefficient (Wildman–Crippen LogP) is 5.39. The minimum Gasteiger partial charge on any atom is -0.352 e. The fraction of sp³-hybridized carbons (Fsp3) is 0.235. The quantitative estimate of drug-likeness (QED) is 0.580. The molecule has 2 aromatic heterocycles. The van der Waals surface area contributed by atoms with Crippen molar-refractivity contribution in [1.82, 2.24) is 4.98 Å². The lowest BCUT2D eigenvalue weighted by molar-refractivity contribution is 0.741. The van der Waals surface area contributed by atoms with Crippen LogP contribution in [0.15, 0.2) is 47.8 Å². The minimum absolute atomic E-state index is 0.316. The average molecular weight is 361 g/mol. The molecule has 0 saturated carbocycles. The molecule has 0 N–H and O–H groups in total. The lowest BCUT2D eigenvalue weighted by Crippen LogP contribution is -2.23. The fourth-order valence-corrected chi connectivity index (χ4v) is 3.70. The van der Waals surface area contributed by atoms with Crippen LogP contribution in [0.5, 0.6) is 0 Å². The maximum Gasteiger partial charge on any atom is 0.133 e. The number of hydrogen-bond donors (Lipinski definition) is 0. The van der Waals surface area contributed by atoms with Crippen LogP contribution in [0, 0.1) is 0 Å². The van der Waals surface area contributed by atoms with Crippen molar-refractivity contribution in [2.24, 2.45) is 0 Å². The second-order valence-electron chi connectivity index (χ2n) is 5.10. The molecule has 1 atom stereocenters. The molecule has 0 saturated heterocycles. The molecule has 0 fully saturated rings. The van der Waals surface area contributed by atoms with Gasteiger partial charge in [0.1, 0.15) is 5.82 Å². The Morgan fingerprint density at radius 1 is 1.24 bits per heavy atom. The minimum atomic E-state index is 0.316. The van der Waals surface area contributed by atoms with Gasteiger partial charge in [0.2, 0.25) is 0 Å². The van der Waals surface area contributed by atoms with Gasteiger partial charge in [-0.05, 0) is 30.5 Å². The SMILES string of the molecule is CC(c1cccs1)N(C)c1nc2ccccc2cc1CBr. The zero-order chi connectivity index (χ0) is 14.8. The molecule has 1 unspecified atom stereocenters. The first-order chi connectivity index (χ1) is 10.2. The summed E-state index contributed by atoms with van der Waals surface area (Å²) in [5.74, 6) is 1.05. The third-order valence-corrected chi connectivity index (χ3v) is 5.44. The Morgan fingerprint density at radius 3 is 2.76 bits per heavy atom. The monoisotopic (exact) mass is 360 g/mol. The molecular formula is C17H17BrN2S. The van der Waals surface area contributed by atoms with Crippen LogP contribution in [0.3, 0.4) is 0 Å². The van der Waals surface area contributed by atoms with E-state index >= 15 is 0 Å². The summed E-state index contributed by atoms with van der Waals surface area (Å²) in [4.78, 5) is 8.49. The molecule has 4 heteroatoms. The number of anilines is 1. The molecule has 0 bridgehead atoms. The second kappa shape index (κ2) is 6.16. The van der Waals surface area contributed by atoms with E-state index in [4.69, 9.17) is 4.98 Å². The van der Waals surface area contributed by atoms with Gasteiger partial charge in [0.25, 0.3) is 0 Å². The van der Waals surface area contributed by atoms with E-state index in [1.165, 1.54) is 15.8 Å². The Balaban J connectivity index is 2.05. The number of fused-ring (bicyclic) bond motifs is 1. The summed E-state index contributed by atoms with van der Waals surface area (Å²) < 4.78 is 0. The molecule has 0 aliphatic rings. The Morgan fingerprint density at radius 2 is 2.05 bits per heavy atom. The zero-order valence-corrected chi connectivity index (χ0v) is 14.5. The lowest BCUT2D eigenvalue weighted by Gasteiger charge is -2.27. The van der Waals surface area contributed by atoms with Gasteiger partial charge < -0.3 is 4.90 Å². The highest BCUT2D eigenvalue weighted by Crippen LogP contribution is 2.31. The molecule has 0 aliphatic heterocycles. The maximum absolute atomic E-state index is 4.88. The van der Waals surface area contributed by atoms with Crippen molar-refractivity contribution in [3.63, 3.8) is 0 Å². The zero-order valence-electron chi connectivity index (χ0n) is 12.1. The van der Waals surface area contributed by atoms with Gasteiger partial charge in [-0.3, -0.25) is 0 Å². The van der Waals surface area contributed by atoms with E-state index < -0.39 is 0 Å². The standard InChI is InChI=1S/C17H17BrN2S/c1-12(16-8-5-9-21-16)20(2)17-14(11-18)10-13-6-3-4-7-15(13)19-17/h3-10,12H,11H2,1-2H3. The molecule has 1 aromatic carbocycles. The first kappa shape index (κ1) is 14.5. The number of hydrogen-bond acceptors (Lipinski definition) is 3. The van der Waals surface area contributed by atoms with E-state index in [1.54, 1.807) is 11.3 Å². The molecule has 0 aliphatic carbocycles. The van der Waals surface area contributed by atoms with Crippen LogP contribution in [0.2, 0.25) is 0 Å². The van der Waals surface area contributed by atoms with Gasteiger partial charge in [0.15, 0.2) is 0 Å². The molecule has 3 aromatic rings. The topological polar surface area (TPSA) is 16.1 Å². The largest absolute Gasteiger partial charge is 0.352 e. The van der Waals surface area contributed by atoms with Crippen molar-refractivity contribution >= 4 is 44.0 Å². The van der Waals surface area contributed by atoms with Crippen LogP contribution >= 0.6 is 27.3 Å². The van der Waals surface area contributed by atoms with E-state index in [-0.39, 0.29) is 0 Å². The summed E-state index contributed by atoms with van der Waals surface area (Å²) in [5.41, 5.74) is 2.27. The fourth-order valence-electron chi connectivity index (χ4n) is 2.46. The second-order valence-corrected chi connectivity index (χ2v) is 6.64. The van der Waals surface area contributed by atoms with Gasteiger partial charge in [-0.1, -0.05) is 40.2 Å². The Kier molecular flexibility index (Phi) is 4.27. The van der Waals surface area contributed by atoms with Gasteiger partial charge in [-0.2, -0.15) is 0 Å². The summed E-state index contributed by atoms with van der Waals surface area (Å²) in [5, 5.41) is 4.12. The molecule has 2 nitrogen and oxygen atoms in total. The Bertz CT molecular complexity index is 740. The molecule has 0 spiro atoms. The Labute approximate surface area is 137 Å². The normalized spacial score (nSPS) is 12.5. The van der Waals surface area contributed by atoms with Crippen LogP contribution in [0.25, 0.3) is 10.9 Å². The number of para-hydroxylation sites is 1. The van der Waals surface area contributed by atoms with Crippen LogP contribution in [-0.4, -0.2) is 12.0 Å². The first-order valence-corrected chi connectivity index (χ1v) is 8.91. The van der Waals surface area contributed by atoms with E-state index in [2.05, 4.69) is 76.6 Å². The highest BCUT2D eigenvalue weighted by atomic mass is 79.9. The summed E-state index contributed by atoms with van der Waals surface area (Å²) >= 11 is 5.39. The van der Waals surface area contributed by atoms with Crippen molar-refractivity contribution in [3.8, 4) is 0 Å². The number of nitrogens with zero attached hydrogens (tertiary/aromatic N) is 2. The van der Waals surface area contributed by atoms with Crippen LogP contribution in [0.4, 0.5) is 5.82 Å². The summed E-state index contributed by atoms with van der Waals surface area (Å²) in [7, 11) is 2.12. The number of thiophene rings is 1. The van der Waals surface area contributed by atoms with Crippen molar-refractivity contribution in [1.29, 1.82) is 0 Å². The van der Waals surface area contributed by atoms with E-state index in [9.17, 15) is 0 Å². The van der Waals surface area contributed by atoms with E-state index in [0.29, 0.717) is 6.04 Å². The van der Waals surface area contributed by atoms with Crippen molar-refractivity contribution in [2.75, 3.05) is 11.9 Å². The number of alkyl halides is 1. The molecule has 3 rings (SSSR count). The van der Waals surface area contributed by atoms with Crippen LogP contribution in [0.1, 0.15) is 23.4 Å². The smallest absolute Gasteiger partial charge is 0.133 e. The average Bonchev–Trinajstić information content (AvgIpc) is 3.06. The summed E-state index contributed by atoms with van der Waals surface area (Å²) in [6.07, 6.45) is 0. The van der Waals surface area contributed by atoms with Crippen LogP contribution < -0.4 is 4.90 Å². The van der Waals surface area contributed by atoms with E-state index in [0.717, 1.165) is 16.7 Å². The number of halogens is 1. The van der Waals surface area contributed by atoms with Crippen molar-refractivity contribution in [3.05, 3.63) is 58.3 Å². The van der Waals surface area contributed by atoms with Crippen LogP contribution in [-0.2, 0) is 5.33 Å². The van der Waals surface area contributed by atoms with Gasteiger partial charge in [-0.25, -0.2) is 4.98 Å². The molecular weight excluding hydrogens is 344 g/mol. The van der Waals surface area contributed by atoms with Gasteiger partial charge in [0, 0.05) is 28.2 Å². The van der Waals surface area contributed by atoms with Crippen molar-refractivity contribution < 1.29 is 0 Å². The summed E-state index contributed by atoms with van der Waals surface area (Å²) in [6.45, 7) is 2.22. The van der Waals surface area contributed by atoms with Crippen molar-refractivity contribution in [2.45, 2.75) is 18.3 Å². The third kappa shape index (κ3) is 2.83. The highest BCUT2D eigenvalue weighted by molar-refractivity contribution is 9.08. The number of pyridine rings is 1. The van der Waals surface area contributed by atoms with Gasteiger partial charge >= 0.3 is 0 Å². The predicted molar refractivity (Wildman–Crippen MR) is 95.5 cm³/mol. The molecule has 0 amide bonds. The molecule has 0 radical (unpaired) electrons. The number of rotatable bonds is 4. The summed E-state index contributed by atoms with van der Waals surface area (Å²) in [6, 6.07) is 15.1. The van der Waals surface area contributed by atoms with E-state index in [1.807, 2.05) is 6.07 Å². The number of benzene rings is 1. The number of aromatic nitrogens is 1. The lowest BCUT2D eigenvalue weighted by atomic mass is 10.1. The third-order valence-electron chi connectivity index (χ3n) is 3.79. The van der Waals surface area contributed by atoms with Gasteiger partial charge in [0.05, 0.1) is 11.6 Å². The maximum atomic E-state index is 4.88.